The molecule has 2 aliphatic rings. The molecule has 2 unspecified atom stereocenters. The van der Waals surface area contributed by atoms with Crippen LogP contribution in [0.3, 0.4) is 0 Å². The summed E-state index contributed by atoms with van der Waals surface area (Å²) in [5.74, 6) is 1.23. The van der Waals surface area contributed by atoms with Crippen LogP contribution in [0.5, 0.6) is 0 Å². The molecule has 0 aliphatic carbocycles. The largest absolute Gasteiger partial charge is 0.366 e. The van der Waals surface area contributed by atoms with E-state index in [0.29, 0.717) is 31.4 Å². The van der Waals surface area contributed by atoms with Crippen molar-refractivity contribution in [1.82, 2.24) is 19.9 Å². The molecule has 27 heavy (non-hydrogen) atoms. The summed E-state index contributed by atoms with van der Waals surface area (Å²) in [4.78, 5) is 21.8. The second-order valence-electron chi connectivity index (χ2n) is 7.28. The molecule has 4 rings (SSSR count). The molecule has 2 atom stereocenters. The van der Waals surface area contributed by atoms with Crippen molar-refractivity contribution in [3.05, 3.63) is 47.6 Å². The molecule has 2 saturated heterocycles. The highest BCUT2D eigenvalue weighted by molar-refractivity contribution is 5.82. The molecule has 0 saturated carbocycles. The van der Waals surface area contributed by atoms with Crippen LogP contribution < -0.4 is 0 Å². The zero-order valence-electron chi connectivity index (χ0n) is 15.7. The fourth-order valence-electron chi connectivity index (χ4n) is 3.94. The Kier molecular flexibility index (Phi) is 5.50. The third kappa shape index (κ3) is 4.20. The molecule has 7 nitrogen and oxygen atoms in total. The van der Waals surface area contributed by atoms with E-state index in [-0.39, 0.29) is 18.1 Å². The van der Waals surface area contributed by atoms with Crippen LogP contribution in [-0.4, -0.2) is 58.1 Å². The van der Waals surface area contributed by atoms with Crippen LogP contribution in [0.4, 0.5) is 0 Å². The zero-order valence-corrected chi connectivity index (χ0v) is 15.7. The Morgan fingerprint density at radius 1 is 1.22 bits per heavy atom. The normalized spacial score (nSPS) is 24.1. The van der Waals surface area contributed by atoms with E-state index in [0.717, 1.165) is 32.4 Å². The predicted octanol–water partition coefficient (Wildman–Crippen LogP) is 2.33. The second kappa shape index (κ2) is 8.19. The molecule has 1 amide bonds. The number of amides is 1. The number of nitrogens with zero attached hydrogens (tertiary/aromatic N) is 4. The molecule has 0 N–H and O–H groups in total. The van der Waals surface area contributed by atoms with Gasteiger partial charge in [0.1, 0.15) is 6.10 Å². The minimum absolute atomic E-state index is 0.0651. The van der Waals surface area contributed by atoms with Crippen LogP contribution >= 0.6 is 0 Å². The zero-order chi connectivity index (χ0) is 18.6. The first kappa shape index (κ1) is 18.1. The Hall–Kier alpha value is -2.25. The highest BCUT2D eigenvalue weighted by atomic mass is 16.5. The van der Waals surface area contributed by atoms with E-state index in [4.69, 9.17) is 9.26 Å². The lowest BCUT2D eigenvalue weighted by molar-refractivity contribution is -0.146. The van der Waals surface area contributed by atoms with Gasteiger partial charge in [-0.1, -0.05) is 41.9 Å². The number of morpholine rings is 1. The summed E-state index contributed by atoms with van der Waals surface area (Å²) < 4.78 is 10.8. The van der Waals surface area contributed by atoms with Crippen molar-refractivity contribution >= 4 is 5.91 Å². The summed E-state index contributed by atoms with van der Waals surface area (Å²) in [7, 11) is 0. The van der Waals surface area contributed by atoms with Crippen LogP contribution in [0.25, 0.3) is 0 Å². The molecule has 2 aliphatic heterocycles. The molecular weight excluding hydrogens is 344 g/mol. The molecule has 0 spiro atoms. The first-order valence-electron chi connectivity index (χ1n) is 9.69. The van der Waals surface area contributed by atoms with E-state index in [2.05, 4.69) is 39.3 Å². The minimum Gasteiger partial charge on any atom is -0.366 e. The minimum atomic E-state index is -0.314. The number of ether oxygens (including phenoxy) is 1. The Morgan fingerprint density at radius 3 is 2.85 bits per heavy atom. The number of benzene rings is 1. The van der Waals surface area contributed by atoms with Gasteiger partial charge in [-0.05, 0) is 24.9 Å². The monoisotopic (exact) mass is 370 g/mol. The van der Waals surface area contributed by atoms with E-state index < -0.39 is 0 Å². The van der Waals surface area contributed by atoms with E-state index in [9.17, 15) is 4.79 Å². The smallest absolute Gasteiger partial charge is 0.240 e. The topological polar surface area (TPSA) is 71.7 Å². The average molecular weight is 370 g/mol. The number of aromatic nitrogens is 2. The van der Waals surface area contributed by atoms with Crippen molar-refractivity contribution in [3.8, 4) is 0 Å². The summed E-state index contributed by atoms with van der Waals surface area (Å²) in [6.07, 6.45) is 2.84. The van der Waals surface area contributed by atoms with Crippen LogP contribution in [0.1, 0.15) is 42.6 Å². The Bertz CT molecular complexity index is 764. The lowest BCUT2D eigenvalue weighted by Crippen LogP contribution is -2.53. The van der Waals surface area contributed by atoms with Gasteiger partial charge in [-0.3, -0.25) is 9.69 Å². The van der Waals surface area contributed by atoms with Gasteiger partial charge in [0.2, 0.25) is 17.6 Å². The maximum atomic E-state index is 13.3. The number of hydrogen-bond donors (Lipinski definition) is 0. The molecule has 144 valence electrons. The van der Waals surface area contributed by atoms with Crippen molar-refractivity contribution < 1.29 is 14.1 Å². The van der Waals surface area contributed by atoms with Crippen molar-refractivity contribution in [2.75, 3.05) is 26.2 Å². The Balaban J connectivity index is 1.44. The first-order chi connectivity index (χ1) is 13.2. The third-order valence-electron chi connectivity index (χ3n) is 5.34. The standard InChI is InChI=1S/C20H26N4O3/c1-15-21-19(22-27-15)18-14-24(11-12-26-18)20(25)17-9-5-6-10-23(17)13-16-7-3-2-4-8-16/h2-4,7-8,17-18H,5-6,9-14H2,1H3. The first-order valence-corrected chi connectivity index (χ1v) is 9.69. The molecule has 7 heteroatoms. The number of hydrogen-bond acceptors (Lipinski definition) is 6. The van der Waals surface area contributed by atoms with E-state index >= 15 is 0 Å². The molecule has 2 aromatic rings. The summed E-state index contributed by atoms with van der Waals surface area (Å²) in [6, 6.07) is 10.3. The van der Waals surface area contributed by atoms with Gasteiger partial charge in [-0.25, -0.2) is 0 Å². The number of carbonyl (C=O) groups is 1. The van der Waals surface area contributed by atoms with Gasteiger partial charge in [-0.15, -0.1) is 0 Å². The van der Waals surface area contributed by atoms with Crippen LogP contribution in [0.2, 0.25) is 0 Å². The summed E-state index contributed by atoms with van der Waals surface area (Å²) in [6.45, 7) is 5.12. The Morgan fingerprint density at radius 2 is 2.07 bits per heavy atom. The SMILES string of the molecule is Cc1nc(C2CN(C(=O)C3CCCCN3Cc3ccccc3)CCO2)no1. The fourth-order valence-corrected chi connectivity index (χ4v) is 3.94. The van der Waals surface area contributed by atoms with Crippen LogP contribution in [-0.2, 0) is 16.1 Å². The van der Waals surface area contributed by atoms with Crippen LogP contribution in [0, 0.1) is 6.92 Å². The van der Waals surface area contributed by atoms with Crippen molar-refractivity contribution in [1.29, 1.82) is 0 Å². The van der Waals surface area contributed by atoms with E-state index in [1.807, 2.05) is 11.0 Å². The van der Waals surface area contributed by atoms with Gasteiger partial charge >= 0.3 is 0 Å². The number of carbonyl (C=O) groups excluding carboxylic acids is 1. The lowest BCUT2D eigenvalue weighted by atomic mass is 9.99. The summed E-state index contributed by atoms with van der Waals surface area (Å²) >= 11 is 0. The lowest BCUT2D eigenvalue weighted by Gasteiger charge is -2.40. The molecule has 0 radical (unpaired) electrons. The number of likely N-dealkylation sites (tertiary alicyclic amines) is 1. The van der Waals surface area contributed by atoms with Gasteiger partial charge in [0, 0.05) is 20.0 Å². The van der Waals surface area contributed by atoms with Gasteiger partial charge < -0.3 is 14.2 Å². The maximum Gasteiger partial charge on any atom is 0.240 e. The van der Waals surface area contributed by atoms with E-state index in [1.165, 1.54) is 5.56 Å². The Labute approximate surface area is 159 Å². The highest BCUT2D eigenvalue weighted by Gasteiger charge is 2.35. The summed E-state index contributed by atoms with van der Waals surface area (Å²) in [5, 5.41) is 3.96. The number of aryl methyl sites for hydroxylation is 1. The second-order valence-corrected chi connectivity index (χ2v) is 7.28. The van der Waals surface area contributed by atoms with Crippen LogP contribution in [0.15, 0.2) is 34.9 Å². The number of rotatable bonds is 4. The van der Waals surface area contributed by atoms with Crippen molar-refractivity contribution in [2.45, 2.75) is 44.9 Å². The van der Waals surface area contributed by atoms with Gasteiger partial charge in [0.05, 0.1) is 19.2 Å². The van der Waals surface area contributed by atoms with Crippen molar-refractivity contribution in [3.63, 3.8) is 0 Å². The maximum absolute atomic E-state index is 13.3. The molecule has 1 aromatic heterocycles. The van der Waals surface area contributed by atoms with Gasteiger partial charge in [0.15, 0.2) is 0 Å². The summed E-state index contributed by atoms with van der Waals surface area (Å²) in [5.41, 5.74) is 1.25. The molecule has 3 heterocycles. The van der Waals surface area contributed by atoms with Gasteiger partial charge in [0.25, 0.3) is 0 Å². The van der Waals surface area contributed by atoms with E-state index in [1.54, 1.807) is 6.92 Å². The fraction of sp³-hybridized carbons (Fsp3) is 0.550. The quantitative estimate of drug-likeness (QED) is 0.823. The predicted molar refractivity (Wildman–Crippen MR) is 98.8 cm³/mol. The molecule has 0 bridgehead atoms. The third-order valence-corrected chi connectivity index (χ3v) is 5.34. The highest BCUT2D eigenvalue weighted by Crippen LogP contribution is 2.25. The average Bonchev–Trinajstić information content (AvgIpc) is 3.15. The van der Waals surface area contributed by atoms with Crippen molar-refractivity contribution in [2.24, 2.45) is 0 Å². The van der Waals surface area contributed by atoms with Gasteiger partial charge in [-0.2, -0.15) is 4.98 Å². The molecule has 2 fully saturated rings. The number of piperidine rings is 1. The molecular formula is C20H26N4O3. The molecule has 1 aromatic carbocycles.